The Bertz CT molecular complexity index is 731. The van der Waals surface area contributed by atoms with Crippen LogP contribution in [0, 0.1) is 6.92 Å². The second-order valence-corrected chi connectivity index (χ2v) is 7.17. The van der Waals surface area contributed by atoms with Gasteiger partial charge in [-0.05, 0) is 32.4 Å². The van der Waals surface area contributed by atoms with Crippen molar-refractivity contribution in [3.05, 3.63) is 46.4 Å². The van der Waals surface area contributed by atoms with Crippen molar-refractivity contribution >= 4 is 29.0 Å². The van der Waals surface area contributed by atoms with Crippen molar-refractivity contribution in [2.24, 2.45) is 0 Å². The summed E-state index contributed by atoms with van der Waals surface area (Å²) in [6.07, 6.45) is 2.35. The molecule has 0 bridgehead atoms. The highest BCUT2D eigenvalue weighted by molar-refractivity contribution is 7.11. The van der Waals surface area contributed by atoms with E-state index < -0.39 is 6.04 Å². The van der Waals surface area contributed by atoms with Crippen LogP contribution in [0.4, 0.5) is 10.5 Å². The van der Waals surface area contributed by atoms with Gasteiger partial charge in [-0.25, -0.2) is 9.78 Å². The molecular weight excluding hydrogens is 324 g/mol. The second-order valence-electron chi connectivity index (χ2n) is 5.85. The van der Waals surface area contributed by atoms with E-state index in [-0.39, 0.29) is 18.0 Å². The fraction of sp³-hybridized carbons (Fsp3) is 0.353. The van der Waals surface area contributed by atoms with Crippen LogP contribution < -0.4 is 15.5 Å². The highest BCUT2D eigenvalue weighted by atomic mass is 32.1. The number of hydrogen-bond acceptors (Lipinski definition) is 4. The van der Waals surface area contributed by atoms with Gasteiger partial charge in [0.1, 0.15) is 6.04 Å². The molecule has 1 aromatic heterocycles. The molecule has 1 aliphatic heterocycles. The Morgan fingerprint density at radius 2 is 2.12 bits per heavy atom. The zero-order valence-corrected chi connectivity index (χ0v) is 14.5. The molecule has 1 saturated heterocycles. The lowest BCUT2D eigenvalue weighted by Gasteiger charge is -2.21. The fourth-order valence-corrected chi connectivity index (χ4v) is 3.62. The Kier molecular flexibility index (Phi) is 4.80. The Morgan fingerprint density at radius 1 is 1.38 bits per heavy atom. The summed E-state index contributed by atoms with van der Waals surface area (Å²) in [4.78, 5) is 31.6. The minimum atomic E-state index is -0.497. The first kappa shape index (κ1) is 16.4. The number of carbonyl (C=O) groups is 2. The number of aryl methyl sites for hydroxylation is 1. The summed E-state index contributed by atoms with van der Waals surface area (Å²) in [6, 6.07) is 8.75. The maximum Gasteiger partial charge on any atom is 0.315 e. The van der Waals surface area contributed by atoms with Crippen LogP contribution in [0.15, 0.2) is 36.5 Å². The van der Waals surface area contributed by atoms with E-state index in [4.69, 9.17) is 0 Å². The third kappa shape index (κ3) is 3.56. The van der Waals surface area contributed by atoms with Gasteiger partial charge in [0.25, 0.3) is 0 Å². The van der Waals surface area contributed by atoms with E-state index in [0.717, 1.165) is 15.6 Å². The molecule has 24 heavy (non-hydrogen) atoms. The van der Waals surface area contributed by atoms with Crippen LogP contribution in [0.25, 0.3) is 0 Å². The zero-order valence-electron chi connectivity index (χ0n) is 13.7. The Morgan fingerprint density at radius 3 is 2.79 bits per heavy atom. The summed E-state index contributed by atoms with van der Waals surface area (Å²) >= 11 is 1.54. The van der Waals surface area contributed by atoms with Gasteiger partial charge >= 0.3 is 6.03 Å². The van der Waals surface area contributed by atoms with Crippen LogP contribution >= 0.6 is 11.3 Å². The van der Waals surface area contributed by atoms with Crippen LogP contribution in [0.1, 0.15) is 23.2 Å². The average Bonchev–Trinajstić information content (AvgIpc) is 3.10. The number of anilines is 1. The molecule has 1 aromatic carbocycles. The largest absolute Gasteiger partial charge is 0.333 e. The van der Waals surface area contributed by atoms with Gasteiger partial charge in [0.05, 0.1) is 11.6 Å². The molecule has 3 rings (SSSR count). The van der Waals surface area contributed by atoms with E-state index in [2.05, 4.69) is 15.6 Å². The molecule has 0 spiro atoms. The van der Waals surface area contributed by atoms with Gasteiger partial charge in [-0.1, -0.05) is 18.2 Å². The number of thiazole rings is 1. The van der Waals surface area contributed by atoms with Crippen molar-refractivity contribution in [2.75, 3.05) is 4.90 Å². The summed E-state index contributed by atoms with van der Waals surface area (Å²) in [5.41, 5.74) is 0.861. The number of urea groups is 1. The van der Waals surface area contributed by atoms with Gasteiger partial charge in [0, 0.05) is 22.8 Å². The van der Waals surface area contributed by atoms with Gasteiger partial charge in [0.15, 0.2) is 0 Å². The van der Waals surface area contributed by atoms with E-state index in [9.17, 15) is 9.59 Å². The molecule has 7 heteroatoms. The molecule has 2 unspecified atom stereocenters. The van der Waals surface area contributed by atoms with Crippen LogP contribution in [-0.4, -0.2) is 29.0 Å². The number of aromatic nitrogens is 1. The molecule has 2 aromatic rings. The quantitative estimate of drug-likeness (QED) is 0.895. The molecule has 1 aliphatic rings. The number of amides is 3. The van der Waals surface area contributed by atoms with E-state index in [1.54, 1.807) is 22.4 Å². The topological polar surface area (TPSA) is 74.3 Å². The van der Waals surface area contributed by atoms with Gasteiger partial charge < -0.3 is 15.5 Å². The minimum Gasteiger partial charge on any atom is -0.333 e. The molecular formula is C17H20N4O2S. The number of hydrogen-bond donors (Lipinski definition) is 2. The summed E-state index contributed by atoms with van der Waals surface area (Å²) in [5.74, 6) is -0.0718. The van der Waals surface area contributed by atoms with E-state index >= 15 is 0 Å². The maximum absolute atomic E-state index is 12.6. The Labute approximate surface area is 144 Å². The summed E-state index contributed by atoms with van der Waals surface area (Å²) in [5, 5.41) is 6.52. The van der Waals surface area contributed by atoms with Crippen LogP contribution in [0.5, 0.6) is 0 Å². The Balaban J connectivity index is 1.57. The monoisotopic (exact) mass is 344 g/mol. The molecule has 2 heterocycles. The molecule has 0 aliphatic carbocycles. The van der Waals surface area contributed by atoms with Crippen molar-refractivity contribution in [1.82, 2.24) is 15.6 Å². The molecule has 2 N–H and O–H groups in total. The number of para-hydroxylation sites is 1. The molecule has 6 nitrogen and oxygen atoms in total. The van der Waals surface area contributed by atoms with Crippen molar-refractivity contribution in [3.63, 3.8) is 0 Å². The van der Waals surface area contributed by atoms with E-state index in [1.807, 2.05) is 44.2 Å². The van der Waals surface area contributed by atoms with E-state index in [1.165, 1.54) is 0 Å². The number of benzene rings is 1. The van der Waals surface area contributed by atoms with Gasteiger partial charge in [0.2, 0.25) is 5.91 Å². The number of nitrogens with zero attached hydrogens (tertiary/aromatic N) is 2. The SMILES string of the molecule is Cc1ncc(CNC(=O)NC2CC(C)N(c3ccccc3)C2=O)s1. The van der Waals surface area contributed by atoms with Crippen molar-refractivity contribution < 1.29 is 9.59 Å². The molecule has 0 saturated carbocycles. The lowest BCUT2D eigenvalue weighted by atomic mass is 10.2. The van der Waals surface area contributed by atoms with Crippen LogP contribution in [-0.2, 0) is 11.3 Å². The minimum absolute atomic E-state index is 0.0503. The third-order valence-electron chi connectivity index (χ3n) is 3.99. The molecule has 1 fully saturated rings. The van der Waals surface area contributed by atoms with Crippen molar-refractivity contribution in [3.8, 4) is 0 Å². The van der Waals surface area contributed by atoms with Crippen LogP contribution in [0.2, 0.25) is 0 Å². The van der Waals surface area contributed by atoms with E-state index in [0.29, 0.717) is 13.0 Å². The lowest BCUT2D eigenvalue weighted by Crippen LogP contribution is -2.46. The van der Waals surface area contributed by atoms with Gasteiger partial charge in [-0.3, -0.25) is 4.79 Å². The average molecular weight is 344 g/mol. The Hall–Kier alpha value is -2.41. The molecule has 0 radical (unpaired) electrons. The predicted molar refractivity (Wildman–Crippen MR) is 94.0 cm³/mol. The first-order valence-electron chi connectivity index (χ1n) is 7.88. The highest BCUT2D eigenvalue weighted by Gasteiger charge is 2.38. The highest BCUT2D eigenvalue weighted by Crippen LogP contribution is 2.26. The third-order valence-corrected chi connectivity index (χ3v) is 4.90. The standard InChI is InChI=1S/C17H20N4O2S/c1-11-8-15(16(22)21(11)13-6-4-3-5-7-13)20-17(23)19-10-14-9-18-12(2)24-14/h3-7,9,11,15H,8,10H2,1-2H3,(H2,19,20,23). The normalized spacial score (nSPS) is 20.2. The summed E-state index contributed by atoms with van der Waals surface area (Å²) in [6.45, 7) is 4.33. The number of carbonyl (C=O) groups excluding carboxylic acids is 2. The predicted octanol–water partition coefficient (Wildman–Crippen LogP) is 2.44. The van der Waals surface area contributed by atoms with Crippen LogP contribution in [0.3, 0.4) is 0 Å². The lowest BCUT2D eigenvalue weighted by molar-refractivity contribution is -0.118. The summed E-state index contributed by atoms with van der Waals surface area (Å²) < 4.78 is 0. The fourth-order valence-electron chi connectivity index (χ4n) is 2.89. The molecule has 126 valence electrons. The van der Waals surface area contributed by atoms with Gasteiger partial charge in [-0.15, -0.1) is 11.3 Å². The number of nitrogens with one attached hydrogen (secondary N) is 2. The molecule has 2 atom stereocenters. The maximum atomic E-state index is 12.6. The van der Waals surface area contributed by atoms with Gasteiger partial charge in [-0.2, -0.15) is 0 Å². The first-order valence-corrected chi connectivity index (χ1v) is 8.70. The van der Waals surface area contributed by atoms with Crippen molar-refractivity contribution in [1.29, 1.82) is 0 Å². The number of rotatable bonds is 4. The second kappa shape index (κ2) is 7.00. The van der Waals surface area contributed by atoms with Crippen molar-refractivity contribution in [2.45, 2.75) is 38.9 Å². The molecule has 3 amide bonds. The first-order chi connectivity index (χ1) is 11.5. The summed E-state index contributed by atoms with van der Waals surface area (Å²) in [7, 11) is 0. The smallest absolute Gasteiger partial charge is 0.315 e. The zero-order chi connectivity index (χ0) is 17.1.